The van der Waals surface area contributed by atoms with E-state index >= 15 is 0 Å². The van der Waals surface area contributed by atoms with Crippen molar-refractivity contribution in [1.82, 2.24) is 21.2 Å². The fourth-order valence-corrected chi connectivity index (χ4v) is 1.97. The molecule has 4 N–H and O–H groups in total. The van der Waals surface area contributed by atoms with Gasteiger partial charge in [0.05, 0.1) is 5.69 Å². The molecule has 1 aliphatic heterocycles. The van der Waals surface area contributed by atoms with E-state index in [1.807, 2.05) is 18.2 Å². The molecule has 6 heteroatoms. The molecule has 1 saturated heterocycles. The molecule has 86 valence electrons. The molecule has 1 aliphatic rings. The monoisotopic (exact) mass is 246 g/mol. The zero-order valence-corrected chi connectivity index (χ0v) is 9.58. The minimum Gasteiger partial charge on any atom is -0.506 e. The fourth-order valence-electron chi connectivity index (χ4n) is 1.80. The van der Waals surface area contributed by atoms with Gasteiger partial charge in [-0.2, -0.15) is 0 Å². The van der Waals surface area contributed by atoms with E-state index in [0.717, 1.165) is 11.1 Å². The Bertz CT molecular complexity index is 601. The summed E-state index contributed by atoms with van der Waals surface area (Å²) in [5.74, 6) is 0.179. The topological polar surface area (TPSA) is 69.2 Å². The van der Waals surface area contributed by atoms with Gasteiger partial charge in [0.15, 0.2) is 5.11 Å². The molecular weight excluding hydrogens is 236 g/mol. The van der Waals surface area contributed by atoms with Gasteiger partial charge in [-0.1, -0.05) is 18.2 Å². The highest BCUT2D eigenvalue weighted by molar-refractivity contribution is 7.80. The fraction of sp³-hybridized carbons (Fsp3) is 0.0909. The molecule has 2 aromatic rings. The Kier molecular flexibility index (Phi) is 2.31. The van der Waals surface area contributed by atoms with E-state index < -0.39 is 0 Å². The molecule has 0 aliphatic carbocycles. The number of nitrogens with zero attached hydrogens (tertiary/aromatic N) is 1. The van der Waals surface area contributed by atoms with Crippen molar-refractivity contribution in [3.63, 3.8) is 0 Å². The number of benzene rings is 1. The van der Waals surface area contributed by atoms with Gasteiger partial charge in [0.2, 0.25) is 0 Å². The van der Waals surface area contributed by atoms with Crippen molar-refractivity contribution in [2.75, 3.05) is 0 Å². The lowest BCUT2D eigenvalue weighted by Gasteiger charge is -2.10. The number of pyridine rings is 1. The average Bonchev–Trinajstić information content (AvgIpc) is 2.76. The van der Waals surface area contributed by atoms with Crippen LogP contribution in [0.2, 0.25) is 0 Å². The van der Waals surface area contributed by atoms with Crippen LogP contribution in [0.4, 0.5) is 0 Å². The number of fused-ring (bicyclic) bond motifs is 1. The summed E-state index contributed by atoms with van der Waals surface area (Å²) in [5, 5.41) is 14.2. The summed E-state index contributed by atoms with van der Waals surface area (Å²) in [6.07, 6.45) is -0.175. The first-order chi connectivity index (χ1) is 8.24. The van der Waals surface area contributed by atoms with Crippen LogP contribution in [-0.4, -0.2) is 15.2 Å². The molecule has 1 aromatic heterocycles. The van der Waals surface area contributed by atoms with E-state index in [4.69, 9.17) is 12.2 Å². The van der Waals surface area contributed by atoms with Gasteiger partial charge < -0.3 is 10.4 Å². The Morgan fingerprint density at radius 1 is 1.24 bits per heavy atom. The van der Waals surface area contributed by atoms with Crippen LogP contribution < -0.4 is 16.2 Å². The van der Waals surface area contributed by atoms with E-state index in [1.165, 1.54) is 0 Å². The molecule has 3 rings (SSSR count). The number of aromatic hydroxyl groups is 1. The van der Waals surface area contributed by atoms with Gasteiger partial charge in [-0.3, -0.25) is 5.43 Å². The maximum Gasteiger partial charge on any atom is 0.182 e. The quantitative estimate of drug-likeness (QED) is 0.561. The molecular formula is C11H10N4OS. The van der Waals surface area contributed by atoms with Gasteiger partial charge in [-0.25, -0.2) is 10.4 Å². The van der Waals surface area contributed by atoms with Gasteiger partial charge >= 0.3 is 0 Å². The first kappa shape index (κ1) is 10.2. The minimum absolute atomic E-state index is 0.175. The van der Waals surface area contributed by atoms with E-state index in [1.54, 1.807) is 12.1 Å². The van der Waals surface area contributed by atoms with E-state index in [0.29, 0.717) is 10.6 Å². The predicted octanol–water partition coefficient (Wildman–Crippen LogP) is 0.921. The molecule has 1 atom stereocenters. The highest BCUT2D eigenvalue weighted by Crippen LogP contribution is 2.23. The highest BCUT2D eigenvalue weighted by atomic mass is 32.1. The van der Waals surface area contributed by atoms with Crippen LogP contribution in [0, 0.1) is 0 Å². The zero-order valence-electron chi connectivity index (χ0n) is 8.77. The predicted molar refractivity (Wildman–Crippen MR) is 68.2 cm³/mol. The SMILES string of the molecule is Oc1cccc2ccc(C3NNC(=S)N3)nc12. The van der Waals surface area contributed by atoms with Gasteiger partial charge in [0, 0.05) is 5.39 Å². The van der Waals surface area contributed by atoms with Crippen LogP contribution in [0.15, 0.2) is 30.3 Å². The van der Waals surface area contributed by atoms with Gasteiger partial charge in [0.1, 0.15) is 17.4 Å². The Labute approximate surface area is 103 Å². The number of hydrazine groups is 1. The number of rotatable bonds is 1. The maximum absolute atomic E-state index is 9.75. The molecule has 1 fully saturated rings. The first-order valence-corrected chi connectivity index (χ1v) is 5.55. The third kappa shape index (κ3) is 1.77. The van der Waals surface area contributed by atoms with Crippen molar-refractivity contribution in [3.8, 4) is 5.75 Å². The Morgan fingerprint density at radius 2 is 2.12 bits per heavy atom. The minimum atomic E-state index is -0.175. The van der Waals surface area contributed by atoms with Crippen LogP contribution >= 0.6 is 12.2 Å². The molecule has 0 bridgehead atoms. The van der Waals surface area contributed by atoms with Crippen LogP contribution in [0.25, 0.3) is 10.9 Å². The molecule has 17 heavy (non-hydrogen) atoms. The number of para-hydroxylation sites is 1. The summed E-state index contributed by atoms with van der Waals surface area (Å²) in [7, 11) is 0. The molecule has 5 nitrogen and oxygen atoms in total. The maximum atomic E-state index is 9.75. The Morgan fingerprint density at radius 3 is 2.88 bits per heavy atom. The summed E-state index contributed by atoms with van der Waals surface area (Å²) < 4.78 is 0. The summed E-state index contributed by atoms with van der Waals surface area (Å²) in [6, 6.07) is 9.13. The number of hydrogen-bond acceptors (Lipinski definition) is 4. The number of nitrogens with one attached hydrogen (secondary N) is 3. The summed E-state index contributed by atoms with van der Waals surface area (Å²) in [6.45, 7) is 0. The standard InChI is InChI=1S/C11H10N4OS/c16-8-3-1-2-6-4-5-7(12-9(6)8)10-13-11(17)15-14-10/h1-5,10,14,16H,(H2,13,15,17). The van der Waals surface area contributed by atoms with E-state index in [9.17, 15) is 5.11 Å². The molecule has 1 aromatic carbocycles. The second kappa shape index (κ2) is 3.83. The van der Waals surface area contributed by atoms with Gasteiger partial charge in [-0.05, 0) is 24.4 Å². The second-order valence-corrected chi connectivity index (χ2v) is 4.17. The number of thiocarbonyl (C=S) groups is 1. The zero-order chi connectivity index (χ0) is 11.8. The second-order valence-electron chi connectivity index (χ2n) is 3.76. The molecule has 2 heterocycles. The lowest BCUT2D eigenvalue weighted by atomic mass is 10.2. The average molecular weight is 246 g/mol. The van der Waals surface area contributed by atoms with E-state index in [-0.39, 0.29) is 11.9 Å². The lowest BCUT2D eigenvalue weighted by Crippen LogP contribution is -2.27. The number of aromatic nitrogens is 1. The summed E-state index contributed by atoms with van der Waals surface area (Å²) >= 11 is 4.96. The number of phenolic OH excluding ortho intramolecular Hbond substituents is 1. The van der Waals surface area contributed by atoms with Crippen molar-refractivity contribution in [2.24, 2.45) is 0 Å². The van der Waals surface area contributed by atoms with Crippen molar-refractivity contribution < 1.29 is 5.11 Å². The summed E-state index contributed by atoms with van der Waals surface area (Å²) in [4.78, 5) is 4.42. The third-order valence-electron chi connectivity index (χ3n) is 2.62. The number of hydrogen-bond donors (Lipinski definition) is 4. The van der Waals surface area contributed by atoms with Crippen molar-refractivity contribution in [2.45, 2.75) is 6.17 Å². The lowest BCUT2D eigenvalue weighted by molar-refractivity contribution is 0.479. The van der Waals surface area contributed by atoms with Gasteiger partial charge in [-0.15, -0.1) is 0 Å². The third-order valence-corrected chi connectivity index (χ3v) is 2.84. The van der Waals surface area contributed by atoms with Crippen LogP contribution in [0.5, 0.6) is 5.75 Å². The largest absolute Gasteiger partial charge is 0.506 e. The normalized spacial score (nSPS) is 19.1. The van der Waals surface area contributed by atoms with Crippen LogP contribution in [0.1, 0.15) is 11.9 Å². The Hall–Kier alpha value is -1.92. The molecule has 0 saturated carbocycles. The van der Waals surface area contributed by atoms with Crippen molar-refractivity contribution in [1.29, 1.82) is 0 Å². The van der Waals surface area contributed by atoms with Crippen molar-refractivity contribution in [3.05, 3.63) is 36.0 Å². The van der Waals surface area contributed by atoms with Crippen molar-refractivity contribution >= 4 is 28.2 Å². The number of phenols is 1. The van der Waals surface area contributed by atoms with E-state index in [2.05, 4.69) is 21.2 Å². The smallest absolute Gasteiger partial charge is 0.182 e. The molecule has 1 unspecified atom stereocenters. The summed E-state index contributed by atoms with van der Waals surface area (Å²) in [5.41, 5.74) is 7.12. The molecule has 0 radical (unpaired) electrons. The van der Waals surface area contributed by atoms with Crippen LogP contribution in [-0.2, 0) is 0 Å². The van der Waals surface area contributed by atoms with Crippen LogP contribution in [0.3, 0.4) is 0 Å². The van der Waals surface area contributed by atoms with Gasteiger partial charge in [0.25, 0.3) is 0 Å². The highest BCUT2D eigenvalue weighted by Gasteiger charge is 2.20. The Balaban J connectivity index is 2.07. The first-order valence-electron chi connectivity index (χ1n) is 5.15. The molecule has 0 amide bonds. The molecule has 0 spiro atoms.